The topological polar surface area (TPSA) is 49.7 Å². The van der Waals surface area contributed by atoms with Gasteiger partial charge >= 0.3 is 0 Å². The molecular formula is C31H41NO4. The quantitative estimate of drug-likeness (QED) is 0.143. The predicted molar refractivity (Wildman–Crippen MR) is 148 cm³/mol. The standard InChI is InChI=1S/C31H41NO4/c1-4-7-9-14-20-32-28-23-26(36-24-25-16-12-11-13-17-25)18-19-27(28)29(35-22-15-10-8-5-2)30(31(32)33)34-21-6-3/h6,11-13,16-19,23H,3-5,7-10,14-15,20-22,24H2,1-2H3. The molecule has 0 aliphatic heterocycles. The summed E-state index contributed by atoms with van der Waals surface area (Å²) in [5.74, 6) is 1.51. The Morgan fingerprint density at radius 2 is 1.58 bits per heavy atom. The van der Waals surface area contributed by atoms with Gasteiger partial charge in [0.25, 0.3) is 5.56 Å². The van der Waals surface area contributed by atoms with E-state index in [1.807, 2.05) is 53.1 Å². The van der Waals surface area contributed by atoms with E-state index in [9.17, 15) is 4.79 Å². The number of aryl methyl sites for hydroxylation is 1. The number of hydrogen-bond donors (Lipinski definition) is 0. The van der Waals surface area contributed by atoms with Gasteiger partial charge < -0.3 is 18.8 Å². The van der Waals surface area contributed by atoms with E-state index >= 15 is 0 Å². The Bertz CT molecular complexity index is 1140. The fourth-order valence-electron chi connectivity index (χ4n) is 4.24. The van der Waals surface area contributed by atoms with Crippen molar-refractivity contribution in [3.8, 4) is 17.2 Å². The summed E-state index contributed by atoms with van der Waals surface area (Å²) >= 11 is 0. The molecule has 0 atom stereocenters. The van der Waals surface area contributed by atoms with Crippen molar-refractivity contribution in [2.75, 3.05) is 13.2 Å². The molecule has 2 aromatic carbocycles. The van der Waals surface area contributed by atoms with Crippen LogP contribution >= 0.6 is 0 Å². The summed E-state index contributed by atoms with van der Waals surface area (Å²) in [4.78, 5) is 13.7. The van der Waals surface area contributed by atoms with Crippen molar-refractivity contribution in [1.82, 2.24) is 4.57 Å². The van der Waals surface area contributed by atoms with Crippen LogP contribution in [0.4, 0.5) is 0 Å². The third kappa shape index (κ3) is 7.64. The first-order chi connectivity index (χ1) is 17.7. The number of ether oxygens (including phenoxy) is 3. The van der Waals surface area contributed by atoms with Gasteiger partial charge in [0.1, 0.15) is 19.0 Å². The summed E-state index contributed by atoms with van der Waals surface area (Å²) in [5, 5.41) is 0.867. The normalized spacial score (nSPS) is 10.9. The van der Waals surface area contributed by atoms with Crippen LogP contribution in [0.5, 0.6) is 17.2 Å². The number of nitrogens with zero attached hydrogens (tertiary/aromatic N) is 1. The highest BCUT2D eigenvalue weighted by Crippen LogP contribution is 2.35. The molecule has 0 radical (unpaired) electrons. The van der Waals surface area contributed by atoms with E-state index in [4.69, 9.17) is 14.2 Å². The van der Waals surface area contributed by atoms with Crippen LogP contribution in [0.15, 0.2) is 66.0 Å². The minimum atomic E-state index is -0.162. The second-order valence-electron chi connectivity index (χ2n) is 9.14. The van der Waals surface area contributed by atoms with Gasteiger partial charge in [-0.15, -0.1) is 0 Å². The molecular weight excluding hydrogens is 450 g/mol. The highest BCUT2D eigenvalue weighted by Gasteiger charge is 2.20. The van der Waals surface area contributed by atoms with Crippen LogP contribution in [0.25, 0.3) is 10.9 Å². The Morgan fingerprint density at radius 1 is 0.833 bits per heavy atom. The number of aromatic nitrogens is 1. The molecule has 1 heterocycles. The summed E-state index contributed by atoms with van der Waals surface area (Å²) in [6.07, 6.45) is 10.3. The van der Waals surface area contributed by atoms with Gasteiger partial charge in [0.15, 0.2) is 5.75 Å². The monoisotopic (exact) mass is 491 g/mol. The molecule has 194 valence electrons. The van der Waals surface area contributed by atoms with Gasteiger partial charge in [0.2, 0.25) is 5.75 Å². The second kappa shape index (κ2) is 15.0. The first-order valence-corrected chi connectivity index (χ1v) is 13.4. The molecule has 36 heavy (non-hydrogen) atoms. The number of pyridine rings is 1. The number of hydrogen-bond acceptors (Lipinski definition) is 4. The van der Waals surface area contributed by atoms with E-state index in [1.165, 1.54) is 6.42 Å². The van der Waals surface area contributed by atoms with Crippen molar-refractivity contribution in [2.45, 2.75) is 78.4 Å². The van der Waals surface area contributed by atoms with Gasteiger partial charge in [-0.05, 0) is 30.5 Å². The molecule has 0 spiro atoms. The SMILES string of the molecule is C=CCOc1c(OCCCCCC)c2ccc(OCc3ccccc3)cc2n(CCCCCC)c1=O. The molecule has 5 nitrogen and oxygen atoms in total. The fourth-order valence-corrected chi connectivity index (χ4v) is 4.24. The number of benzene rings is 2. The highest BCUT2D eigenvalue weighted by atomic mass is 16.5. The van der Waals surface area contributed by atoms with E-state index in [0.29, 0.717) is 25.5 Å². The molecule has 0 saturated carbocycles. The lowest BCUT2D eigenvalue weighted by atomic mass is 10.1. The van der Waals surface area contributed by atoms with Crippen molar-refractivity contribution in [3.05, 3.63) is 77.1 Å². The van der Waals surface area contributed by atoms with E-state index in [0.717, 1.165) is 67.2 Å². The molecule has 0 amide bonds. The molecule has 3 rings (SSSR count). The lowest BCUT2D eigenvalue weighted by Gasteiger charge is -2.19. The lowest BCUT2D eigenvalue weighted by Crippen LogP contribution is -2.24. The van der Waals surface area contributed by atoms with Crippen molar-refractivity contribution in [3.63, 3.8) is 0 Å². The summed E-state index contributed by atoms with van der Waals surface area (Å²) in [7, 11) is 0. The first kappa shape index (κ1) is 27.4. The van der Waals surface area contributed by atoms with Crippen LogP contribution in [-0.2, 0) is 13.2 Å². The van der Waals surface area contributed by atoms with Gasteiger partial charge in [0.05, 0.1) is 12.1 Å². The van der Waals surface area contributed by atoms with Crippen molar-refractivity contribution in [1.29, 1.82) is 0 Å². The molecule has 1 aromatic heterocycles. The second-order valence-corrected chi connectivity index (χ2v) is 9.14. The molecule has 0 saturated heterocycles. The molecule has 0 aliphatic rings. The molecule has 0 fully saturated rings. The smallest absolute Gasteiger partial charge is 0.297 e. The zero-order chi connectivity index (χ0) is 25.6. The maximum Gasteiger partial charge on any atom is 0.297 e. The minimum absolute atomic E-state index is 0.162. The molecule has 0 bridgehead atoms. The van der Waals surface area contributed by atoms with Crippen LogP contribution < -0.4 is 19.8 Å². The number of unbranched alkanes of at least 4 members (excludes halogenated alkanes) is 6. The lowest BCUT2D eigenvalue weighted by molar-refractivity contribution is 0.275. The van der Waals surface area contributed by atoms with E-state index in [-0.39, 0.29) is 17.9 Å². The minimum Gasteiger partial charge on any atom is -0.489 e. The first-order valence-electron chi connectivity index (χ1n) is 13.4. The molecule has 3 aromatic rings. The van der Waals surface area contributed by atoms with Crippen molar-refractivity contribution >= 4 is 10.9 Å². The van der Waals surface area contributed by atoms with E-state index < -0.39 is 0 Å². The van der Waals surface area contributed by atoms with Crippen LogP contribution in [0.3, 0.4) is 0 Å². The fraction of sp³-hybridized carbons (Fsp3) is 0.452. The number of rotatable bonds is 17. The zero-order valence-corrected chi connectivity index (χ0v) is 22.0. The van der Waals surface area contributed by atoms with Gasteiger partial charge in [-0.25, -0.2) is 0 Å². The maximum absolute atomic E-state index is 13.7. The maximum atomic E-state index is 13.7. The summed E-state index contributed by atoms with van der Waals surface area (Å²) in [6.45, 7) is 10.0. The van der Waals surface area contributed by atoms with E-state index in [2.05, 4.69) is 20.4 Å². The number of fused-ring (bicyclic) bond motifs is 1. The Kier molecular flexibility index (Phi) is 11.4. The summed E-state index contributed by atoms with van der Waals surface area (Å²) in [6, 6.07) is 16.0. The molecule has 0 N–H and O–H groups in total. The highest BCUT2D eigenvalue weighted by molar-refractivity contribution is 5.89. The van der Waals surface area contributed by atoms with Crippen LogP contribution in [0.2, 0.25) is 0 Å². The van der Waals surface area contributed by atoms with Crippen LogP contribution in [0.1, 0.15) is 70.8 Å². The summed E-state index contributed by atoms with van der Waals surface area (Å²) < 4.78 is 20.0. The van der Waals surface area contributed by atoms with Gasteiger partial charge in [-0.1, -0.05) is 95.4 Å². The van der Waals surface area contributed by atoms with Crippen molar-refractivity contribution in [2.24, 2.45) is 0 Å². The third-order valence-electron chi connectivity index (χ3n) is 6.22. The average molecular weight is 492 g/mol. The van der Waals surface area contributed by atoms with Gasteiger partial charge in [-0.3, -0.25) is 4.79 Å². The molecule has 5 heteroatoms. The Morgan fingerprint density at radius 3 is 2.31 bits per heavy atom. The van der Waals surface area contributed by atoms with Gasteiger partial charge in [0, 0.05) is 18.0 Å². The molecule has 0 aliphatic carbocycles. The predicted octanol–water partition coefficient (Wildman–Crippen LogP) is 7.68. The Balaban J connectivity index is 1.99. The summed E-state index contributed by atoms with van der Waals surface area (Å²) in [5.41, 5.74) is 1.75. The van der Waals surface area contributed by atoms with Gasteiger partial charge in [-0.2, -0.15) is 0 Å². The Hall–Kier alpha value is -3.21. The van der Waals surface area contributed by atoms with E-state index in [1.54, 1.807) is 6.08 Å². The molecule has 0 unspecified atom stereocenters. The van der Waals surface area contributed by atoms with Crippen LogP contribution in [0, 0.1) is 0 Å². The Labute approximate surface area is 215 Å². The van der Waals surface area contributed by atoms with Crippen LogP contribution in [-0.4, -0.2) is 17.8 Å². The third-order valence-corrected chi connectivity index (χ3v) is 6.22. The average Bonchev–Trinajstić information content (AvgIpc) is 2.91. The zero-order valence-electron chi connectivity index (χ0n) is 22.0. The largest absolute Gasteiger partial charge is 0.489 e. The van der Waals surface area contributed by atoms with Crippen molar-refractivity contribution < 1.29 is 14.2 Å².